The zero-order chi connectivity index (χ0) is 8.15. The maximum atomic E-state index is 8.96. The van der Waals surface area contributed by atoms with Crippen LogP contribution in [0.25, 0.3) is 0 Å². The minimum Gasteiger partial charge on any atom is -0.314 e. The van der Waals surface area contributed by atoms with Crippen LogP contribution in [0.4, 0.5) is 0 Å². The van der Waals surface area contributed by atoms with Crippen LogP contribution in [-0.4, -0.2) is 45.0 Å². The molecule has 0 radical (unpaired) electrons. The molecule has 0 saturated heterocycles. The lowest BCUT2D eigenvalue weighted by Crippen LogP contribution is -2.34. The summed E-state index contributed by atoms with van der Waals surface area (Å²) in [6, 6.07) is -0.0000463. The first-order valence-electron chi connectivity index (χ1n) is 3.15. The van der Waals surface area contributed by atoms with E-state index in [0.29, 0.717) is 0 Å². The first-order chi connectivity index (χ1) is 4.54. The Hall–Kier alpha value is -0.200. The molecule has 0 amide bonds. The monoisotopic (exact) mass is 150 g/mol. The lowest BCUT2D eigenvalue weighted by molar-refractivity contribution is -0.313. The second kappa shape index (κ2) is 4.59. The molecule has 0 spiro atoms. The zero-order valence-electron chi connectivity index (χ0n) is 6.23. The van der Waals surface area contributed by atoms with Crippen molar-refractivity contribution in [1.29, 1.82) is 0 Å². The van der Waals surface area contributed by atoms with Crippen LogP contribution in [0, 0.1) is 0 Å². The van der Waals surface area contributed by atoms with Crippen molar-refractivity contribution in [3.05, 3.63) is 0 Å². The summed E-state index contributed by atoms with van der Waals surface area (Å²) in [6.45, 7) is 3.83. The van der Waals surface area contributed by atoms with Crippen LogP contribution < -0.4 is 0 Å². The Kier molecular flexibility index (Phi) is 4.50. The first kappa shape index (κ1) is 9.80. The van der Waals surface area contributed by atoms with E-state index in [-0.39, 0.29) is 24.4 Å². The molecule has 5 heteroatoms. The Balaban J connectivity index is 3.30. The maximum Gasteiger partial charge on any atom is 0.0663 e. The Bertz CT molecular complexity index is 87.0. The molecule has 0 aromatic heterocycles. The zero-order valence-corrected chi connectivity index (χ0v) is 6.23. The van der Waals surface area contributed by atoms with Crippen LogP contribution in [0.2, 0.25) is 0 Å². The molecule has 0 aliphatic rings. The number of hydrogen-bond acceptors (Lipinski definition) is 5. The summed E-state index contributed by atoms with van der Waals surface area (Å²) < 4.78 is 0. The second-order valence-corrected chi connectivity index (χ2v) is 2.35. The normalized spacial score (nSPS) is 12.0. The van der Waals surface area contributed by atoms with Gasteiger partial charge in [0.25, 0.3) is 0 Å². The standard InChI is InChI=1S/C5H14N2O3/c1-5(2)6(8)3-4-7(9)10/h5,8-10H,3-4H2,1-2H3. The highest BCUT2D eigenvalue weighted by Gasteiger charge is 2.05. The van der Waals surface area contributed by atoms with E-state index >= 15 is 0 Å². The number of rotatable bonds is 4. The number of hydroxylamine groups is 4. The Labute approximate surface area is 60.0 Å². The Morgan fingerprint density at radius 2 is 1.60 bits per heavy atom. The van der Waals surface area contributed by atoms with E-state index < -0.39 is 0 Å². The van der Waals surface area contributed by atoms with Crippen molar-refractivity contribution < 1.29 is 15.6 Å². The van der Waals surface area contributed by atoms with Gasteiger partial charge in [-0.1, -0.05) is 5.23 Å². The lowest BCUT2D eigenvalue weighted by atomic mass is 10.4. The van der Waals surface area contributed by atoms with Crippen molar-refractivity contribution in [3.8, 4) is 0 Å². The van der Waals surface area contributed by atoms with Gasteiger partial charge in [-0.3, -0.25) is 10.4 Å². The summed E-state index contributed by atoms with van der Waals surface area (Å²) in [7, 11) is 0. The topological polar surface area (TPSA) is 67.2 Å². The minimum atomic E-state index is -0.0000463. The third-order valence-corrected chi connectivity index (χ3v) is 1.13. The predicted octanol–water partition coefficient (Wildman–Crippen LogP) is 0.166. The fourth-order valence-corrected chi connectivity index (χ4v) is 0.450. The molecular formula is C5H14N2O3. The summed E-state index contributed by atoms with van der Waals surface area (Å²) in [4.78, 5) is 0. The summed E-state index contributed by atoms with van der Waals surface area (Å²) in [6.07, 6.45) is 0. The molecule has 5 nitrogen and oxygen atoms in total. The largest absolute Gasteiger partial charge is 0.314 e. The van der Waals surface area contributed by atoms with E-state index in [4.69, 9.17) is 15.6 Å². The first-order valence-corrected chi connectivity index (χ1v) is 3.15. The van der Waals surface area contributed by atoms with E-state index in [1.807, 2.05) is 0 Å². The summed E-state index contributed by atoms with van der Waals surface area (Å²) in [5.74, 6) is 0. The molecule has 0 aromatic rings. The molecule has 0 fully saturated rings. The molecule has 0 unspecified atom stereocenters. The van der Waals surface area contributed by atoms with Crippen molar-refractivity contribution in [1.82, 2.24) is 10.3 Å². The quantitative estimate of drug-likeness (QED) is 0.498. The van der Waals surface area contributed by atoms with Gasteiger partial charge in [-0.2, -0.15) is 5.06 Å². The SMILES string of the molecule is CC(C)N(O)CCN(O)O. The third kappa shape index (κ3) is 4.66. The summed E-state index contributed by atoms with van der Waals surface area (Å²) in [5, 5.41) is 26.5. The lowest BCUT2D eigenvalue weighted by Gasteiger charge is -2.19. The highest BCUT2D eigenvalue weighted by atomic mass is 16.8. The van der Waals surface area contributed by atoms with Crippen LogP contribution in [0.3, 0.4) is 0 Å². The number of hydrogen-bond donors (Lipinski definition) is 3. The maximum absolute atomic E-state index is 8.96. The molecule has 3 N–H and O–H groups in total. The molecule has 0 rings (SSSR count). The highest BCUT2D eigenvalue weighted by molar-refractivity contribution is 4.50. The molecule has 0 aromatic carbocycles. The van der Waals surface area contributed by atoms with Gasteiger partial charge in [0.1, 0.15) is 0 Å². The van der Waals surface area contributed by atoms with E-state index in [2.05, 4.69) is 0 Å². The Morgan fingerprint density at radius 1 is 1.10 bits per heavy atom. The summed E-state index contributed by atoms with van der Waals surface area (Å²) >= 11 is 0. The smallest absolute Gasteiger partial charge is 0.0663 e. The predicted molar refractivity (Wildman–Crippen MR) is 33.9 cm³/mol. The molecule has 0 bridgehead atoms. The van der Waals surface area contributed by atoms with Gasteiger partial charge in [0.05, 0.1) is 6.54 Å². The third-order valence-electron chi connectivity index (χ3n) is 1.13. The van der Waals surface area contributed by atoms with Crippen LogP contribution in [0.1, 0.15) is 13.8 Å². The molecule has 0 atom stereocenters. The van der Waals surface area contributed by atoms with Crippen molar-refractivity contribution in [2.75, 3.05) is 13.1 Å². The molecule has 10 heavy (non-hydrogen) atoms. The average Bonchev–Trinajstić information content (AvgIpc) is 1.82. The van der Waals surface area contributed by atoms with Crippen molar-refractivity contribution in [2.45, 2.75) is 19.9 Å². The molecule has 0 aliphatic heterocycles. The average molecular weight is 150 g/mol. The van der Waals surface area contributed by atoms with Crippen LogP contribution in [0.15, 0.2) is 0 Å². The van der Waals surface area contributed by atoms with E-state index in [0.717, 1.165) is 5.06 Å². The van der Waals surface area contributed by atoms with Crippen molar-refractivity contribution >= 4 is 0 Å². The van der Waals surface area contributed by atoms with Crippen LogP contribution >= 0.6 is 0 Å². The minimum absolute atomic E-state index is 0.0000463. The molecular weight excluding hydrogens is 136 g/mol. The molecule has 62 valence electrons. The van der Waals surface area contributed by atoms with E-state index in [9.17, 15) is 0 Å². The van der Waals surface area contributed by atoms with Crippen molar-refractivity contribution in [3.63, 3.8) is 0 Å². The van der Waals surface area contributed by atoms with Crippen LogP contribution in [-0.2, 0) is 0 Å². The second-order valence-electron chi connectivity index (χ2n) is 2.35. The van der Waals surface area contributed by atoms with Gasteiger partial charge in [-0.05, 0) is 13.8 Å². The van der Waals surface area contributed by atoms with Gasteiger partial charge in [-0.25, -0.2) is 0 Å². The van der Waals surface area contributed by atoms with Crippen LogP contribution in [0.5, 0.6) is 0 Å². The van der Waals surface area contributed by atoms with Gasteiger partial charge in [0, 0.05) is 12.6 Å². The molecule has 0 saturated carbocycles. The van der Waals surface area contributed by atoms with E-state index in [1.54, 1.807) is 13.8 Å². The highest BCUT2D eigenvalue weighted by Crippen LogP contribution is 1.91. The van der Waals surface area contributed by atoms with Gasteiger partial charge in [-0.15, -0.1) is 0 Å². The molecule has 0 aliphatic carbocycles. The van der Waals surface area contributed by atoms with Gasteiger partial charge >= 0.3 is 0 Å². The fraction of sp³-hybridized carbons (Fsp3) is 1.00. The fourth-order valence-electron chi connectivity index (χ4n) is 0.450. The van der Waals surface area contributed by atoms with Gasteiger partial charge in [0.15, 0.2) is 0 Å². The summed E-state index contributed by atoms with van der Waals surface area (Å²) in [5.41, 5.74) is 0. The van der Waals surface area contributed by atoms with E-state index in [1.165, 1.54) is 0 Å². The van der Waals surface area contributed by atoms with Gasteiger partial charge < -0.3 is 5.21 Å². The molecule has 0 heterocycles. The Morgan fingerprint density at radius 3 is 1.90 bits per heavy atom. The number of nitrogens with zero attached hydrogens (tertiary/aromatic N) is 2. The van der Waals surface area contributed by atoms with Gasteiger partial charge in [0.2, 0.25) is 0 Å². The van der Waals surface area contributed by atoms with Crippen molar-refractivity contribution in [2.24, 2.45) is 0 Å².